The van der Waals surface area contributed by atoms with Gasteiger partial charge in [-0.25, -0.2) is 4.79 Å². The molecular weight excluding hydrogens is 1490 g/mol. The summed E-state index contributed by atoms with van der Waals surface area (Å²) in [6, 6.07) is 5.61. The van der Waals surface area contributed by atoms with E-state index in [1.165, 1.54) is 54.3 Å². The summed E-state index contributed by atoms with van der Waals surface area (Å²) in [6.45, 7) is 5.09. The summed E-state index contributed by atoms with van der Waals surface area (Å²) in [5.41, 5.74) is 11.6. The lowest BCUT2D eigenvalue weighted by Gasteiger charge is -2.36. The third kappa shape index (κ3) is 23.0. The summed E-state index contributed by atoms with van der Waals surface area (Å²) in [4.78, 5) is 225. The van der Waals surface area contributed by atoms with Crippen LogP contribution in [0.15, 0.2) is 84.9 Å². The van der Waals surface area contributed by atoms with E-state index in [9.17, 15) is 112 Å². The number of rotatable bonds is 39. The molecule has 7 rings (SSSR count). The molecule has 3 heterocycles. The maximum absolute atomic E-state index is 14.3. The number of esters is 1. The molecule has 4 aromatic rings. The number of hydrogen-bond acceptors (Lipinski definition) is 22. The Bertz CT molecular complexity index is 4290. The average Bonchev–Trinajstić information content (AvgIpc) is 1.50. The van der Waals surface area contributed by atoms with Gasteiger partial charge in [0.1, 0.15) is 77.4 Å². The van der Waals surface area contributed by atoms with Crippen molar-refractivity contribution in [2.75, 3.05) is 25.0 Å². The number of likely N-dealkylation sites (tertiary alicyclic amines) is 1. The Balaban J connectivity index is 0.963. The SMILES string of the molecule is CC(=O)N[C@H](C(=O)N1CCC[C@H]1C(=O)NCC(=O)N[C@@H](CCC(N)=O)C(=O)N[C@@H](Cc1ccccc1)C(=O)N[C@@H](CC(=O)O)C(=O)N[C@@H](CC(=O)O)C(=O)N[C@@H](C)C(=O)N[C@@H](CC(C(=O)O)C(=O)O)C(=O)N[C@@H](CCCCNC(=S)Nc1ccc2c(c1)C(=O)OC21c2ccc(O)cc2Oc2cc(O)ccc21)C(N)=O)C(C)C. The van der Waals surface area contributed by atoms with Crippen molar-refractivity contribution in [1.29, 1.82) is 0 Å². The first kappa shape index (κ1) is 86.2. The minimum Gasteiger partial charge on any atom is -0.508 e. The number of nitrogens with one attached hydrogen (secondary N) is 11. The van der Waals surface area contributed by atoms with E-state index in [-0.39, 0.29) is 78.4 Å². The molecule has 3 aliphatic rings. The number of nitrogens with two attached hydrogens (primary N) is 2. The molecule has 3 aliphatic heterocycles. The highest BCUT2D eigenvalue weighted by Crippen LogP contribution is 2.57. The van der Waals surface area contributed by atoms with Crippen molar-refractivity contribution < 1.29 is 122 Å². The third-order valence-electron chi connectivity index (χ3n) is 18.2. The zero-order valence-electron chi connectivity index (χ0n) is 60.8. The maximum atomic E-state index is 14.3. The number of amides is 12. The molecule has 0 aromatic heterocycles. The van der Waals surface area contributed by atoms with Crippen molar-refractivity contribution in [3.8, 4) is 23.0 Å². The molecule has 1 saturated heterocycles. The molecule has 21 N–H and O–H groups in total. The Hall–Kier alpha value is -13.0. The first-order chi connectivity index (χ1) is 52.9. The third-order valence-corrected chi connectivity index (χ3v) is 18.4. The number of phenols is 2. The van der Waals surface area contributed by atoms with E-state index in [1.807, 2.05) is 5.32 Å². The van der Waals surface area contributed by atoms with Gasteiger partial charge in [0.2, 0.25) is 70.9 Å². The number of benzene rings is 4. The molecule has 40 heteroatoms. The second-order valence-corrected chi connectivity index (χ2v) is 27.3. The number of ether oxygens (including phenoxy) is 2. The minimum atomic E-state index is -2.39. The quantitative estimate of drug-likeness (QED) is 0.00987. The predicted molar refractivity (Wildman–Crippen MR) is 391 cm³/mol. The van der Waals surface area contributed by atoms with Crippen LogP contribution >= 0.6 is 12.2 Å². The number of carboxylic acid groups (broad SMARTS) is 4. The first-order valence-corrected chi connectivity index (χ1v) is 35.5. The fourth-order valence-corrected chi connectivity index (χ4v) is 12.8. The lowest BCUT2D eigenvalue weighted by Crippen LogP contribution is -2.60. The molecule has 0 bridgehead atoms. The number of fused-ring (bicyclic) bond motifs is 6. The van der Waals surface area contributed by atoms with Crippen LogP contribution in [0.4, 0.5) is 5.69 Å². The number of carbonyl (C=O) groups excluding carboxylic acids is 13. The van der Waals surface area contributed by atoms with Gasteiger partial charge in [0.05, 0.1) is 24.9 Å². The number of aromatic hydroxyl groups is 2. The molecule has 1 spiro atoms. The van der Waals surface area contributed by atoms with E-state index in [0.717, 1.165) is 6.92 Å². The minimum absolute atomic E-state index is 0.0710. The summed E-state index contributed by atoms with van der Waals surface area (Å²) in [5, 5.41) is 86.3. The van der Waals surface area contributed by atoms with Crippen LogP contribution in [0.5, 0.6) is 23.0 Å². The van der Waals surface area contributed by atoms with Crippen LogP contribution in [0.1, 0.15) is 125 Å². The maximum Gasteiger partial charge on any atom is 0.340 e. The van der Waals surface area contributed by atoms with Gasteiger partial charge in [-0.3, -0.25) is 76.7 Å². The molecule has 0 unspecified atom stereocenters. The Morgan fingerprint density at radius 2 is 1.15 bits per heavy atom. The molecule has 9 atom stereocenters. The Morgan fingerprint density at radius 1 is 0.607 bits per heavy atom. The molecule has 600 valence electrons. The smallest absolute Gasteiger partial charge is 0.340 e. The fourth-order valence-electron chi connectivity index (χ4n) is 12.6. The van der Waals surface area contributed by atoms with Crippen LogP contribution in [0.2, 0.25) is 0 Å². The van der Waals surface area contributed by atoms with Gasteiger partial charge in [0, 0.05) is 73.8 Å². The number of nitrogens with zero attached hydrogens (tertiary/aromatic N) is 1. The molecule has 1 fully saturated rings. The number of primary amides is 2. The van der Waals surface area contributed by atoms with Gasteiger partial charge < -0.3 is 115 Å². The lowest BCUT2D eigenvalue weighted by molar-refractivity contribution is -0.156. The highest BCUT2D eigenvalue weighted by molar-refractivity contribution is 7.80. The van der Waals surface area contributed by atoms with Crippen LogP contribution in [0.25, 0.3) is 0 Å². The van der Waals surface area contributed by atoms with Crippen LogP contribution in [0, 0.1) is 11.8 Å². The van der Waals surface area contributed by atoms with E-state index in [4.69, 9.17) is 33.2 Å². The average molecular weight is 1580 g/mol. The molecular formula is C72H86N14O25S. The van der Waals surface area contributed by atoms with Gasteiger partial charge in [-0.05, 0) is 106 Å². The van der Waals surface area contributed by atoms with Crippen molar-refractivity contribution in [2.45, 2.75) is 158 Å². The second kappa shape index (κ2) is 38.9. The summed E-state index contributed by atoms with van der Waals surface area (Å²) < 4.78 is 12.1. The van der Waals surface area contributed by atoms with Crippen LogP contribution in [0.3, 0.4) is 0 Å². The fraction of sp³-hybridized carbons (Fsp3) is 0.417. The van der Waals surface area contributed by atoms with Crippen molar-refractivity contribution in [3.63, 3.8) is 0 Å². The second-order valence-electron chi connectivity index (χ2n) is 26.9. The van der Waals surface area contributed by atoms with Gasteiger partial charge in [0.25, 0.3) is 0 Å². The van der Waals surface area contributed by atoms with Gasteiger partial charge in [-0.15, -0.1) is 0 Å². The number of unbranched alkanes of at least 4 members (excludes halogenated alkanes) is 1. The largest absolute Gasteiger partial charge is 0.508 e. The molecule has 0 aliphatic carbocycles. The number of hydrogen-bond donors (Lipinski definition) is 19. The normalized spacial score (nSPS) is 15.6. The van der Waals surface area contributed by atoms with E-state index in [2.05, 4.69) is 53.2 Å². The predicted octanol–water partition coefficient (Wildman–Crippen LogP) is -2.08. The molecule has 112 heavy (non-hydrogen) atoms. The van der Waals surface area contributed by atoms with Crippen molar-refractivity contribution >= 4 is 124 Å². The molecule has 12 amide bonds. The Kier molecular flexibility index (Phi) is 29.9. The summed E-state index contributed by atoms with van der Waals surface area (Å²) in [7, 11) is 0. The van der Waals surface area contributed by atoms with Crippen LogP contribution in [-0.2, 0) is 93.5 Å². The topological polar surface area (TPSA) is 618 Å². The molecule has 0 radical (unpaired) electrons. The number of aliphatic carboxylic acids is 4. The Labute approximate surface area is 643 Å². The monoisotopic (exact) mass is 1580 g/mol. The number of anilines is 1. The highest BCUT2D eigenvalue weighted by Gasteiger charge is 2.54. The van der Waals surface area contributed by atoms with Gasteiger partial charge in [-0.1, -0.05) is 50.2 Å². The van der Waals surface area contributed by atoms with Crippen molar-refractivity contribution in [1.82, 2.24) is 58.1 Å². The van der Waals surface area contributed by atoms with E-state index < -0.39 is 212 Å². The summed E-state index contributed by atoms with van der Waals surface area (Å²) >= 11 is 5.50. The number of carbonyl (C=O) groups is 17. The van der Waals surface area contributed by atoms with Gasteiger partial charge in [-0.2, -0.15) is 0 Å². The summed E-state index contributed by atoms with van der Waals surface area (Å²) in [6.07, 6.45) is -4.45. The molecule has 0 saturated carbocycles. The zero-order valence-corrected chi connectivity index (χ0v) is 61.6. The van der Waals surface area contributed by atoms with Crippen molar-refractivity contribution in [3.05, 3.63) is 113 Å². The van der Waals surface area contributed by atoms with Crippen molar-refractivity contribution in [2.24, 2.45) is 23.3 Å². The number of phenolic OH excluding ortho intramolecular Hbond substituents is 2. The first-order valence-electron chi connectivity index (χ1n) is 35.1. The molecule has 39 nitrogen and oxygen atoms in total. The van der Waals surface area contributed by atoms with Gasteiger partial charge >= 0.3 is 29.8 Å². The standard InChI is InChI=1S/C72H86N14O25S/c1-33(2)58(78-35(4)87)67(104)86-24-10-14-51(86)66(103)76-32-55(91)80-46(21-22-54(73)90)61(98)83-47(25-36-11-6-5-7-12-36)63(100)85-50(31-57(94)95)65(102)84-49(30-56(92)93)62(99)77-34(3)60(97)82-48(29-41(68(105)106)69(107)108)64(101)81-45(59(74)96)13-8-9-23-75-71(112)79-37-15-18-42-40(26-37)70(109)111-72(42)43-19-16-38(88)27-52(43)110-53-28-39(89)17-20-44(53)72/h5-7,11-12,15-20,26-28,33-34,41,45-51,58,88-89H,8-10,13-14,21-25,29-32H2,1-4H3,(H2,73,90)(H2,74,96)(H,76,103)(H,77,99)(H,78,87)(H,80,91)(H,81,101)(H,82,97)(H,83,98)(H,84,102)(H,85,100)(H,92,93)(H,94,95)(H,105,106)(H,107,108)(H2,75,79,112)/t34-,45-,46-,47-,48-,49-,50-,51-,58-/m0/s1. The van der Waals surface area contributed by atoms with Crippen LogP contribution < -0.4 is 74.7 Å². The highest BCUT2D eigenvalue weighted by atomic mass is 32.1. The number of thiocarbonyl (C=S) groups is 1. The summed E-state index contributed by atoms with van der Waals surface area (Å²) in [5.74, 6) is -23.8. The van der Waals surface area contributed by atoms with Crippen LogP contribution in [-0.4, -0.2) is 215 Å². The lowest BCUT2D eigenvalue weighted by atomic mass is 9.77. The molecule has 4 aromatic carbocycles. The van der Waals surface area contributed by atoms with E-state index >= 15 is 0 Å². The number of carboxylic acids is 4. The Morgan fingerprint density at radius 3 is 1.71 bits per heavy atom. The zero-order chi connectivity index (χ0) is 82.6. The van der Waals surface area contributed by atoms with Gasteiger partial charge in [0.15, 0.2) is 16.6 Å². The van der Waals surface area contributed by atoms with E-state index in [0.29, 0.717) is 34.4 Å². The van der Waals surface area contributed by atoms with E-state index in [1.54, 1.807) is 56.3 Å².